The molecule has 1 aromatic heterocycles. The van der Waals surface area contributed by atoms with E-state index in [0.29, 0.717) is 5.92 Å². The highest BCUT2D eigenvalue weighted by Gasteiger charge is 2.28. The van der Waals surface area contributed by atoms with E-state index in [1.807, 2.05) is 18.8 Å². The quantitative estimate of drug-likeness (QED) is 0.707. The van der Waals surface area contributed by atoms with E-state index in [9.17, 15) is 0 Å². The van der Waals surface area contributed by atoms with Gasteiger partial charge in [0.05, 0.1) is 6.54 Å². The van der Waals surface area contributed by atoms with Crippen molar-refractivity contribution in [2.75, 3.05) is 7.05 Å². The zero-order chi connectivity index (χ0) is 8.55. The van der Waals surface area contributed by atoms with Gasteiger partial charge in [-0.15, -0.1) is 0 Å². The molecule has 4 heteroatoms. The van der Waals surface area contributed by atoms with Crippen LogP contribution in [0, 0.1) is 0 Å². The monoisotopic (exact) mass is 166 g/mol. The summed E-state index contributed by atoms with van der Waals surface area (Å²) in [7, 11) is 3.87. The van der Waals surface area contributed by atoms with Crippen LogP contribution in [0.15, 0.2) is 0 Å². The molecule has 0 aromatic carbocycles. The van der Waals surface area contributed by atoms with Crippen molar-refractivity contribution in [3.63, 3.8) is 0 Å². The third-order valence-corrected chi connectivity index (χ3v) is 2.15. The van der Waals surface area contributed by atoms with Crippen LogP contribution in [0.25, 0.3) is 0 Å². The van der Waals surface area contributed by atoms with Gasteiger partial charge in [0.15, 0.2) is 5.82 Å². The number of rotatable bonds is 3. The van der Waals surface area contributed by atoms with Gasteiger partial charge < -0.3 is 5.32 Å². The Morgan fingerprint density at radius 3 is 2.92 bits per heavy atom. The summed E-state index contributed by atoms with van der Waals surface area (Å²) in [6, 6.07) is 0. The van der Waals surface area contributed by atoms with Gasteiger partial charge in [0.25, 0.3) is 0 Å². The molecule has 1 heterocycles. The Labute approximate surface area is 72.0 Å². The first-order valence-corrected chi connectivity index (χ1v) is 4.35. The zero-order valence-corrected chi connectivity index (χ0v) is 7.54. The Morgan fingerprint density at radius 2 is 2.33 bits per heavy atom. The van der Waals surface area contributed by atoms with Gasteiger partial charge in [0.1, 0.15) is 5.82 Å². The van der Waals surface area contributed by atoms with Crippen LogP contribution in [0.1, 0.15) is 30.4 Å². The van der Waals surface area contributed by atoms with Gasteiger partial charge in [-0.2, -0.15) is 5.10 Å². The molecule has 0 amide bonds. The lowest BCUT2D eigenvalue weighted by Crippen LogP contribution is -2.10. The molecule has 0 radical (unpaired) electrons. The first-order chi connectivity index (χ1) is 5.81. The fraction of sp³-hybridized carbons (Fsp3) is 0.750. The Balaban J connectivity index is 2.18. The van der Waals surface area contributed by atoms with Crippen LogP contribution in [0.5, 0.6) is 0 Å². The molecule has 2 rings (SSSR count). The van der Waals surface area contributed by atoms with E-state index in [0.717, 1.165) is 18.2 Å². The molecular weight excluding hydrogens is 152 g/mol. The molecule has 1 aliphatic rings. The highest BCUT2D eigenvalue weighted by molar-refractivity contribution is 5.05. The predicted molar refractivity (Wildman–Crippen MR) is 45.7 cm³/mol. The molecular formula is C8H14N4. The van der Waals surface area contributed by atoms with E-state index in [1.165, 1.54) is 12.8 Å². The second kappa shape index (κ2) is 2.86. The first-order valence-electron chi connectivity index (χ1n) is 4.35. The minimum Gasteiger partial charge on any atom is -0.313 e. The second-order valence-corrected chi connectivity index (χ2v) is 3.31. The van der Waals surface area contributed by atoms with Gasteiger partial charge >= 0.3 is 0 Å². The summed E-state index contributed by atoms with van der Waals surface area (Å²) in [5.41, 5.74) is 0. The molecule has 0 atom stereocenters. The third-order valence-electron chi connectivity index (χ3n) is 2.15. The molecule has 12 heavy (non-hydrogen) atoms. The molecule has 0 aliphatic heterocycles. The Hall–Kier alpha value is -0.900. The minimum absolute atomic E-state index is 0.654. The van der Waals surface area contributed by atoms with Gasteiger partial charge in [0.2, 0.25) is 0 Å². The van der Waals surface area contributed by atoms with E-state index in [-0.39, 0.29) is 0 Å². The van der Waals surface area contributed by atoms with E-state index >= 15 is 0 Å². The van der Waals surface area contributed by atoms with Crippen molar-refractivity contribution in [1.29, 1.82) is 0 Å². The maximum absolute atomic E-state index is 4.45. The summed E-state index contributed by atoms with van der Waals surface area (Å²) in [6.07, 6.45) is 2.53. The molecule has 0 unspecified atom stereocenters. The lowest BCUT2D eigenvalue weighted by Gasteiger charge is -1.95. The van der Waals surface area contributed by atoms with Crippen molar-refractivity contribution in [3.8, 4) is 0 Å². The fourth-order valence-electron chi connectivity index (χ4n) is 1.26. The molecule has 1 N–H and O–H groups in total. The Morgan fingerprint density at radius 1 is 1.58 bits per heavy atom. The van der Waals surface area contributed by atoms with Crippen LogP contribution < -0.4 is 5.32 Å². The highest BCUT2D eigenvalue weighted by Crippen LogP contribution is 2.37. The van der Waals surface area contributed by atoms with Crippen LogP contribution in [0.3, 0.4) is 0 Å². The van der Waals surface area contributed by atoms with Crippen LogP contribution in [-0.2, 0) is 13.6 Å². The van der Waals surface area contributed by atoms with Gasteiger partial charge in [-0.1, -0.05) is 0 Å². The van der Waals surface area contributed by atoms with E-state index in [4.69, 9.17) is 0 Å². The minimum atomic E-state index is 0.654. The summed E-state index contributed by atoms with van der Waals surface area (Å²) in [6.45, 7) is 0.802. The molecule has 4 nitrogen and oxygen atoms in total. The number of aryl methyl sites for hydroxylation is 1. The van der Waals surface area contributed by atoms with Crippen LogP contribution >= 0.6 is 0 Å². The first kappa shape index (κ1) is 7.73. The van der Waals surface area contributed by atoms with Gasteiger partial charge in [-0.05, 0) is 19.9 Å². The van der Waals surface area contributed by atoms with Crippen LogP contribution in [0.4, 0.5) is 0 Å². The number of nitrogens with zero attached hydrogens (tertiary/aromatic N) is 3. The maximum atomic E-state index is 4.45. The topological polar surface area (TPSA) is 42.7 Å². The van der Waals surface area contributed by atoms with Crippen molar-refractivity contribution in [2.45, 2.75) is 25.3 Å². The average molecular weight is 166 g/mol. The molecule has 66 valence electrons. The zero-order valence-electron chi connectivity index (χ0n) is 7.54. The number of hydrogen-bond donors (Lipinski definition) is 1. The summed E-state index contributed by atoms with van der Waals surface area (Å²) < 4.78 is 1.87. The van der Waals surface area contributed by atoms with Gasteiger partial charge in [0, 0.05) is 13.0 Å². The standard InChI is InChI=1S/C8H14N4/c1-9-5-7-10-8(6-3-4-6)11-12(7)2/h6,9H,3-5H2,1-2H3. The highest BCUT2D eigenvalue weighted by atomic mass is 15.3. The fourth-order valence-corrected chi connectivity index (χ4v) is 1.26. The van der Waals surface area contributed by atoms with Gasteiger partial charge in [-0.3, -0.25) is 4.68 Å². The summed E-state index contributed by atoms with van der Waals surface area (Å²) >= 11 is 0. The Kier molecular flexibility index (Phi) is 1.84. The maximum Gasteiger partial charge on any atom is 0.154 e. The van der Waals surface area contributed by atoms with Crippen LogP contribution in [-0.4, -0.2) is 21.8 Å². The molecule has 1 fully saturated rings. The van der Waals surface area contributed by atoms with E-state index < -0.39 is 0 Å². The summed E-state index contributed by atoms with van der Waals surface area (Å²) in [4.78, 5) is 4.45. The number of aromatic nitrogens is 3. The van der Waals surface area contributed by atoms with Crippen molar-refractivity contribution in [1.82, 2.24) is 20.1 Å². The molecule has 0 bridgehead atoms. The average Bonchev–Trinajstić information content (AvgIpc) is 2.80. The number of nitrogens with one attached hydrogen (secondary N) is 1. The Bertz CT molecular complexity index is 275. The van der Waals surface area contributed by atoms with Crippen LogP contribution in [0.2, 0.25) is 0 Å². The summed E-state index contributed by atoms with van der Waals surface area (Å²) in [5.74, 6) is 2.71. The lowest BCUT2D eigenvalue weighted by atomic mass is 10.4. The number of hydrogen-bond acceptors (Lipinski definition) is 3. The molecule has 0 spiro atoms. The molecule has 1 aromatic rings. The van der Waals surface area contributed by atoms with E-state index in [2.05, 4.69) is 15.4 Å². The molecule has 1 saturated carbocycles. The SMILES string of the molecule is CNCc1nc(C2CC2)nn1C. The molecule has 0 saturated heterocycles. The van der Waals surface area contributed by atoms with Crippen molar-refractivity contribution in [3.05, 3.63) is 11.6 Å². The predicted octanol–water partition coefficient (Wildman–Crippen LogP) is 0.412. The smallest absolute Gasteiger partial charge is 0.154 e. The normalized spacial score (nSPS) is 16.8. The summed E-state index contributed by atoms with van der Waals surface area (Å²) in [5, 5.41) is 7.43. The van der Waals surface area contributed by atoms with Crippen molar-refractivity contribution < 1.29 is 0 Å². The lowest BCUT2D eigenvalue weighted by molar-refractivity contribution is 0.656. The third kappa shape index (κ3) is 1.34. The molecule has 1 aliphatic carbocycles. The second-order valence-electron chi connectivity index (χ2n) is 3.31. The van der Waals surface area contributed by atoms with Gasteiger partial charge in [-0.25, -0.2) is 4.98 Å². The van der Waals surface area contributed by atoms with Crippen molar-refractivity contribution in [2.24, 2.45) is 7.05 Å². The van der Waals surface area contributed by atoms with Crippen molar-refractivity contribution >= 4 is 0 Å². The largest absolute Gasteiger partial charge is 0.313 e. The van der Waals surface area contributed by atoms with E-state index in [1.54, 1.807) is 0 Å².